The molecule has 0 aliphatic rings. The predicted molar refractivity (Wildman–Crippen MR) is 87.2 cm³/mol. The van der Waals surface area contributed by atoms with Gasteiger partial charge in [-0.3, -0.25) is 0 Å². The summed E-state index contributed by atoms with van der Waals surface area (Å²) in [6, 6.07) is 12.6. The molecular formula is C16H10BClFNS. The highest BCUT2D eigenvalue weighted by Gasteiger charge is 2.07. The van der Waals surface area contributed by atoms with Gasteiger partial charge in [-0.1, -0.05) is 29.2 Å². The third-order valence-corrected chi connectivity index (χ3v) is 4.61. The van der Waals surface area contributed by atoms with E-state index in [4.69, 9.17) is 19.4 Å². The first-order valence-electron chi connectivity index (χ1n) is 6.36. The molecule has 102 valence electrons. The van der Waals surface area contributed by atoms with E-state index in [0.717, 1.165) is 22.4 Å². The molecule has 0 atom stereocenters. The molecule has 3 aromatic rings. The third-order valence-electron chi connectivity index (χ3n) is 3.11. The van der Waals surface area contributed by atoms with Crippen molar-refractivity contribution in [1.29, 1.82) is 0 Å². The highest BCUT2D eigenvalue weighted by atomic mass is 35.5. The lowest BCUT2D eigenvalue weighted by Crippen LogP contribution is -2.03. The van der Waals surface area contributed by atoms with Crippen LogP contribution >= 0.6 is 22.9 Å². The summed E-state index contributed by atoms with van der Waals surface area (Å²) < 4.78 is 12.8. The van der Waals surface area contributed by atoms with Gasteiger partial charge in [0.2, 0.25) is 5.95 Å². The predicted octanol–water partition coefficient (Wildman–Crippen LogP) is 3.99. The minimum Gasteiger partial charge on any atom is -0.228 e. The van der Waals surface area contributed by atoms with Gasteiger partial charge >= 0.3 is 0 Å². The van der Waals surface area contributed by atoms with Crippen LogP contribution in [0.15, 0.2) is 48.7 Å². The fraction of sp³-hybridized carbons (Fsp3) is 0.0625. The summed E-state index contributed by atoms with van der Waals surface area (Å²) in [5, 5.41) is 0.711. The lowest BCUT2D eigenvalue weighted by molar-refractivity contribution is 0.584. The van der Waals surface area contributed by atoms with Gasteiger partial charge < -0.3 is 0 Å². The average Bonchev–Trinajstić information content (AvgIpc) is 2.92. The van der Waals surface area contributed by atoms with Gasteiger partial charge in [-0.2, -0.15) is 4.39 Å². The minimum absolute atomic E-state index is 0.470. The summed E-state index contributed by atoms with van der Waals surface area (Å²) in [4.78, 5) is 5.90. The zero-order valence-corrected chi connectivity index (χ0v) is 12.6. The van der Waals surface area contributed by atoms with Gasteiger partial charge in [0.25, 0.3) is 0 Å². The van der Waals surface area contributed by atoms with E-state index in [1.807, 2.05) is 24.3 Å². The lowest BCUT2D eigenvalue weighted by Gasteiger charge is -2.04. The molecule has 0 N–H and O–H groups in total. The van der Waals surface area contributed by atoms with Crippen LogP contribution in [-0.2, 0) is 6.42 Å². The molecule has 2 radical (unpaired) electrons. The van der Waals surface area contributed by atoms with Crippen LogP contribution in [0.5, 0.6) is 0 Å². The Morgan fingerprint density at radius 2 is 2.00 bits per heavy atom. The number of halogens is 2. The maximum atomic E-state index is 12.8. The second-order valence-electron chi connectivity index (χ2n) is 4.66. The zero-order chi connectivity index (χ0) is 14.8. The largest absolute Gasteiger partial charge is 0.228 e. The molecule has 2 heterocycles. The maximum Gasteiger partial charge on any atom is 0.212 e. The van der Waals surface area contributed by atoms with Crippen molar-refractivity contribution in [3.63, 3.8) is 0 Å². The van der Waals surface area contributed by atoms with Gasteiger partial charge in [-0.15, -0.1) is 11.3 Å². The second kappa shape index (κ2) is 6.00. The molecule has 21 heavy (non-hydrogen) atoms. The number of aromatic nitrogens is 1. The van der Waals surface area contributed by atoms with Gasteiger partial charge in [0.1, 0.15) is 7.85 Å². The van der Waals surface area contributed by atoms with Crippen LogP contribution in [0.25, 0.3) is 10.4 Å². The van der Waals surface area contributed by atoms with Crippen molar-refractivity contribution in [2.45, 2.75) is 6.42 Å². The van der Waals surface area contributed by atoms with E-state index in [1.54, 1.807) is 29.7 Å². The molecule has 0 spiro atoms. The van der Waals surface area contributed by atoms with Crippen LogP contribution in [0, 0.1) is 5.95 Å². The van der Waals surface area contributed by atoms with Crippen LogP contribution in [0.2, 0.25) is 5.02 Å². The molecule has 1 aromatic carbocycles. The van der Waals surface area contributed by atoms with E-state index in [0.29, 0.717) is 10.5 Å². The molecule has 0 bridgehead atoms. The molecule has 5 heteroatoms. The van der Waals surface area contributed by atoms with E-state index in [-0.39, 0.29) is 0 Å². The fourth-order valence-corrected chi connectivity index (χ4v) is 3.27. The number of benzene rings is 1. The Hall–Kier alpha value is -1.65. The Morgan fingerprint density at radius 3 is 2.76 bits per heavy atom. The third kappa shape index (κ3) is 3.34. The molecule has 0 aliphatic carbocycles. The van der Waals surface area contributed by atoms with Gasteiger partial charge in [0, 0.05) is 33.0 Å². The topological polar surface area (TPSA) is 12.9 Å². The van der Waals surface area contributed by atoms with Gasteiger partial charge in [0.05, 0.1) is 0 Å². The number of hydrogen-bond donors (Lipinski definition) is 0. The van der Waals surface area contributed by atoms with Crippen molar-refractivity contribution in [2.24, 2.45) is 0 Å². The summed E-state index contributed by atoms with van der Waals surface area (Å²) in [6.07, 6.45) is 2.27. The lowest BCUT2D eigenvalue weighted by atomic mass is 9.93. The first-order chi connectivity index (χ1) is 10.1. The van der Waals surface area contributed by atoms with Gasteiger partial charge in [-0.25, -0.2) is 4.98 Å². The minimum atomic E-state index is -0.470. The van der Waals surface area contributed by atoms with Crippen LogP contribution in [0.4, 0.5) is 4.39 Å². The highest BCUT2D eigenvalue weighted by Crippen LogP contribution is 2.30. The van der Waals surface area contributed by atoms with Gasteiger partial charge in [-0.05, 0) is 35.9 Å². The standard InChI is InChI=1S/C16H10BClFNS/c17-12-2-4-14(18)11(7-12)8-13-3-5-15(21-13)10-1-6-16(19)20-9-10/h1-7,9H,8H2. The summed E-state index contributed by atoms with van der Waals surface area (Å²) in [5.41, 5.74) is 2.61. The average molecular weight is 314 g/mol. The number of rotatable bonds is 3. The van der Waals surface area contributed by atoms with E-state index in [1.165, 1.54) is 10.9 Å². The van der Waals surface area contributed by atoms with Crippen LogP contribution in [0.1, 0.15) is 10.4 Å². The van der Waals surface area contributed by atoms with Gasteiger partial charge in [0.15, 0.2) is 0 Å². The van der Waals surface area contributed by atoms with Crippen LogP contribution < -0.4 is 5.46 Å². The number of pyridine rings is 1. The Morgan fingerprint density at radius 1 is 1.14 bits per heavy atom. The van der Waals surface area contributed by atoms with Crippen molar-refractivity contribution in [3.05, 3.63) is 70.1 Å². The Balaban J connectivity index is 1.85. The number of thiophene rings is 1. The second-order valence-corrected chi connectivity index (χ2v) is 6.24. The van der Waals surface area contributed by atoms with E-state index in [2.05, 4.69) is 4.98 Å². The molecule has 0 amide bonds. The smallest absolute Gasteiger partial charge is 0.212 e. The highest BCUT2D eigenvalue weighted by molar-refractivity contribution is 7.15. The Bertz CT molecular complexity index is 770. The monoisotopic (exact) mass is 313 g/mol. The number of nitrogens with zero attached hydrogens (tertiary/aromatic N) is 1. The Labute approximate surface area is 132 Å². The van der Waals surface area contributed by atoms with Crippen LogP contribution in [-0.4, -0.2) is 12.8 Å². The van der Waals surface area contributed by atoms with Crippen molar-refractivity contribution < 1.29 is 4.39 Å². The molecule has 0 saturated carbocycles. The van der Waals surface area contributed by atoms with Crippen LogP contribution in [0.3, 0.4) is 0 Å². The molecule has 0 aliphatic heterocycles. The van der Waals surface area contributed by atoms with Crippen molar-refractivity contribution in [2.75, 3.05) is 0 Å². The first kappa shape index (κ1) is 14.3. The summed E-state index contributed by atoms with van der Waals surface area (Å²) >= 11 is 7.82. The summed E-state index contributed by atoms with van der Waals surface area (Å²) in [6.45, 7) is 0. The van der Waals surface area contributed by atoms with E-state index >= 15 is 0 Å². The normalized spacial score (nSPS) is 10.8. The van der Waals surface area contributed by atoms with Crippen molar-refractivity contribution >= 4 is 36.2 Å². The molecule has 0 fully saturated rings. The summed E-state index contributed by atoms with van der Waals surface area (Å²) in [7, 11) is 5.79. The van der Waals surface area contributed by atoms with E-state index < -0.39 is 5.95 Å². The molecule has 1 nitrogen and oxygen atoms in total. The van der Waals surface area contributed by atoms with Crippen molar-refractivity contribution in [3.8, 4) is 10.4 Å². The summed E-state index contributed by atoms with van der Waals surface area (Å²) in [5.74, 6) is -0.470. The molecule has 0 saturated heterocycles. The van der Waals surface area contributed by atoms with E-state index in [9.17, 15) is 4.39 Å². The molecule has 2 aromatic heterocycles. The zero-order valence-electron chi connectivity index (χ0n) is 11.0. The number of hydrogen-bond acceptors (Lipinski definition) is 2. The SMILES string of the molecule is [B]c1ccc(Cl)c(Cc2ccc(-c3ccc(F)nc3)s2)c1. The quantitative estimate of drug-likeness (QED) is 0.526. The first-order valence-corrected chi connectivity index (χ1v) is 7.56. The maximum absolute atomic E-state index is 12.8. The molecule has 0 unspecified atom stereocenters. The molecule has 3 rings (SSSR count). The Kier molecular flexibility index (Phi) is 4.09. The fourth-order valence-electron chi connectivity index (χ4n) is 2.07. The molecular weight excluding hydrogens is 304 g/mol. The van der Waals surface area contributed by atoms with Crippen molar-refractivity contribution in [1.82, 2.24) is 4.98 Å².